The number of methoxy groups -OCH3 is 1. The van der Waals surface area contributed by atoms with Crippen LogP contribution in [0.15, 0.2) is 52.4 Å². The van der Waals surface area contributed by atoms with Gasteiger partial charge in [-0.05, 0) is 49.4 Å². The largest absolute Gasteiger partial charge is 0.497 e. The number of fused-ring (bicyclic) bond motifs is 1. The van der Waals surface area contributed by atoms with Gasteiger partial charge in [-0.2, -0.15) is 9.30 Å². The molecule has 0 atom stereocenters. The van der Waals surface area contributed by atoms with Crippen molar-refractivity contribution in [1.29, 1.82) is 0 Å². The molecule has 4 rings (SSSR count). The molecular weight excluding hydrogens is 494 g/mol. The minimum atomic E-state index is -3.67. The van der Waals surface area contributed by atoms with E-state index in [0.717, 1.165) is 4.70 Å². The van der Waals surface area contributed by atoms with E-state index in [0.29, 0.717) is 29.3 Å². The fourth-order valence-electron chi connectivity index (χ4n) is 3.61. The Bertz CT molecular complexity index is 1400. The fraction of sp³-hybridized carbons (Fsp3) is 0.348. The molecular formula is C23H25N3O7S2. The number of thiazole rings is 1. The van der Waals surface area contributed by atoms with E-state index in [9.17, 15) is 18.0 Å². The number of aromatic nitrogens is 1. The van der Waals surface area contributed by atoms with Crippen LogP contribution in [0, 0.1) is 0 Å². The van der Waals surface area contributed by atoms with Crippen molar-refractivity contribution in [2.24, 2.45) is 4.99 Å². The van der Waals surface area contributed by atoms with Crippen molar-refractivity contribution < 1.29 is 32.2 Å². The molecule has 0 saturated carbocycles. The van der Waals surface area contributed by atoms with E-state index in [1.165, 1.54) is 39.9 Å². The number of morpholine rings is 1. The number of ether oxygens (including phenoxy) is 3. The second-order valence-corrected chi connectivity index (χ2v) is 10.5. The smallest absolute Gasteiger partial charge is 0.326 e. The summed E-state index contributed by atoms with van der Waals surface area (Å²) in [6.45, 7) is 3.12. The van der Waals surface area contributed by atoms with E-state index >= 15 is 0 Å². The molecule has 1 aliphatic heterocycles. The van der Waals surface area contributed by atoms with Gasteiger partial charge in [0.2, 0.25) is 10.0 Å². The average molecular weight is 520 g/mol. The summed E-state index contributed by atoms with van der Waals surface area (Å²) in [6.07, 6.45) is 0. The topological polar surface area (TPSA) is 117 Å². The van der Waals surface area contributed by atoms with Crippen molar-refractivity contribution in [3.63, 3.8) is 0 Å². The molecule has 0 bridgehead atoms. The maximum atomic E-state index is 12.9. The van der Waals surface area contributed by atoms with Gasteiger partial charge in [-0.3, -0.25) is 9.59 Å². The molecule has 0 radical (unpaired) electrons. The predicted octanol–water partition coefficient (Wildman–Crippen LogP) is 2.04. The van der Waals surface area contributed by atoms with Crippen molar-refractivity contribution >= 4 is 43.5 Å². The van der Waals surface area contributed by atoms with Crippen LogP contribution in [0.1, 0.15) is 17.3 Å². The first-order valence-corrected chi connectivity index (χ1v) is 13.2. The molecule has 35 heavy (non-hydrogen) atoms. The van der Waals surface area contributed by atoms with Crippen LogP contribution in [0.2, 0.25) is 0 Å². The quantitative estimate of drug-likeness (QED) is 0.439. The predicted molar refractivity (Wildman–Crippen MR) is 129 cm³/mol. The first-order chi connectivity index (χ1) is 16.8. The number of sulfonamides is 1. The number of hydrogen-bond donors (Lipinski definition) is 0. The van der Waals surface area contributed by atoms with Gasteiger partial charge in [0.25, 0.3) is 5.91 Å². The average Bonchev–Trinajstić information content (AvgIpc) is 3.20. The Labute approximate surface area is 206 Å². The minimum Gasteiger partial charge on any atom is -0.497 e. The highest BCUT2D eigenvalue weighted by Gasteiger charge is 2.26. The van der Waals surface area contributed by atoms with E-state index in [1.807, 2.05) is 0 Å². The summed E-state index contributed by atoms with van der Waals surface area (Å²) in [5.74, 6) is -0.372. The molecule has 0 aliphatic carbocycles. The van der Waals surface area contributed by atoms with Crippen LogP contribution in [0.3, 0.4) is 0 Å². The van der Waals surface area contributed by atoms with Gasteiger partial charge in [-0.1, -0.05) is 11.3 Å². The molecule has 10 nitrogen and oxygen atoms in total. The van der Waals surface area contributed by atoms with Crippen LogP contribution < -0.4 is 9.54 Å². The highest BCUT2D eigenvalue weighted by molar-refractivity contribution is 7.89. The number of benzene rings is 2. The lowest BCUT2D eigenvalue weighted by atomic mass is 10.2. The Morgan fingerprint density at radius 2 is 1.83 bits per heavy atom. The van der Waals surface area contributed by atoms with E-state index in [-0.39, 0.29) is 36.7 Å². The third-order valence-corrected chi connectivity index (χ3v) is 8.34. The van der Waals surface area contributed by atoms with Gasteiger partial charge in [-0.15, -0.1) is 0 Å². The highest BCUT2D eigenvalue weighted by Crippen LogP contribution is 2.23. The van der Waals surface area contributed by atoms with E-state index in [1.54, 1.807) is 36.8 Å². The van der Waals surface area contributed by atoms with E-state index in [2.05, 4.69) is 4.99 Å². The van der Waals surface area contributed by atoms with Crippen LogP contribution in [0.5, 0.6) is 5.75 Å². The summed E-state index contributed by atoms with van der Waals surface area (Å²) < 4.78 is 45.0. The molecule has 1 aliphatic rings. The highest BCUT2D eigenvalue weighted by atomic mass is 32.2. The van der Waals surface area contributed by atoms with Crippen molar-refractivity contribution in [1.82, 2.24) is 8.87 Å². The number of carbonyl (C=O) groups excluding carboxylic acids is 2. The first kappa shape index (κ1) is 25.0. The normalized spacial score (nSPS) is 15.3. The van der Waals surface area contributed by atoms with E-state index in [4.69, 9.17) is 14.2 Å². The van der Waals surface area contributed by atoms with Gasteiger partial charge in [0.1, 0.15) is 12.3 Å². The zero-order chi connectivity index (χ0) is 25.0. The molecule has 1 fully saturated rings. The minimum absolute atomic E-state index is 0.0993. The van der Waals surface area contributed by atoms with Gasteiger partial charge < -0.3 is 18.8 Å². The molecule has 1 aromatic heterocycles. The SMILES string of the molecule is CCOC(=O)Cn1c(=NC(=O)c2ccc(S(=O)(=O)N3CCOCC3)cc2)sc2cc(OC)ccc21. The molecule has 0 unspecified atom stereocenters. The molecule has 2 heterocycles. The third kappa shape index (κ3) is 5.45. The maximum absolute atomic E-state index is 12.9. The third-order valence-electron chi connectivity index (χ3n) is 5.39. The zero-order valence-electron chi connectivity index (χ0n) is 19.3. The second-order valence-electron chi connectivity index (χ2n) is 7.57. The lowest BCUT2D eigenvalue weighted by Gasteiger charge is -2.26. The number of amides is 1. The van der Waals surface area contributed by atoms with Crippen LogP contribution >= 0.6 is 11.3 Å². The van der Waals surface area contributed by atoms with Gasteiger partial charge >= 0.3 is 5.97 Å². The fourth-order valence-corrected chi connectivity index (χ4v) is 6.08. The van der Waals surface area contributed by atoms with Gasteiger partial charge in [0.05, 0.1) is 42.0 Å². The molecule has 3 aromatic rings. The molecule has 0 spiro atoms. The molecule has 1 saturated heterocycles. The molecule has 186 valence electrons. The molecule has 1 amide bonds. The zero-order valence-corrected chi connectivity index (χ0v) is 20.9. The van der Waals surface area contributed by atoms with Crippen LogP contribution in [-0.2, 0) is 30.8 Å². The molecule has 0 N–H and O–H groups in total. The standard InChI is InChI=1S/C23H25N3O7S2/c1-3-33-21(27)15-26-19-9-6-17(31-2)14-20(19)34-23(26)24-22(28)16-4-7-18(8-5-16)35(29,30)25-10-12-32-13-11-25/h4-9,14H,3,10-13,15H2,1-2H3. The summed E-state index contributed by atoms with van der Waals surface area (Å²) in [5, 5.41) is 0. The van der Waals surface area contributed by atoms with Crippen LogP contribution in [-0.4, -0.2) is 69.2 Å². The summed E-state index contributed by atoms with van der Waals surface area (Å²) in [5.41, 5.74) is 0.936. The first-order valence-electron chi connectivity index (χ1n) is 10.9. The number of nitrogens with zero attached hydrogens (tertiary/aromatic N) is 3. The lowest BCUT2D eigenvalue weighted by molar-refractivity contribution is -0.143. The Morgan fingerprint density at radius 1 is 1.11 bits per heavy atom. The molecule has 12 heteroatoms. The Balaban J connectivity index is 1.66. The summed E-state index contributed by atoms with van der Waals surface area (Å²) in [6, 6.07) is 11.0. The van der Waals surface area contributed by atoms with Crippen molar-refractivity contribution in [3.05, 3.63) is 52.8 Å². The van der Waals surface area contributed by atoms with Crippen LogP contribution in [0.25, 0.3) is 10.2 Å². The summed E-state index contributed by atoms with van der Waals surface area (Å²) in [7, 11) is -2.11. The van der Waals surface area contributed by atoms with Gasteiger partial charge in [-0.25, -0.2) is 8.42 Å². The Hall–Kier alpha value is -3.06. The Morgan fingerprint density at radius 3 is 2.49 bits per heavy atom. The molecule has 2 aromatic carbocycles. The summed E-state index contributed by atoms with van der Waals surface area (Å²) >= 11 is 1.24. The maximum Gasteiger partial charge on any atom is 0.326 e. The second kappa shape index (κ2) is 10.7. The number of rotatable bonds is 7. The lowest BCUT2D eigenvalue weighted by Crippen LogP contribution is -2.40. The van der Waals surface area contributed by atoms with Crippen molar-refractivity contribution in [3.8, 4) is 5.75 Å². The van der Waals surface area contributed by atoms with Gasteiger partial charge in [0, 0.05) is 18.7 Å². The van der Waals surface area contributed by atoms with Gasteiger partial charge in [0.15, 0.2) is 4.80 Å². The van der Waals surface area contributed by atoms with Crippen LogP contribution in [0.4, 0.5) is 0 Å². The Kier molecular flexibility index (Phi) is 7.65. The monoisotopic (exact) mass is 519 g/mol. The number of esters is 1. The summed E-state index contributed by atoms with van der Waals surface area (Å²) in [4.78, 5) is 29.8. The number of hydrogen-bond acceptors (Lipinski definition) is 8. The van der Waals surface area contributed by atoms with Crippen molar-refractivity contribution in [2.45, 2.75) is 18.4 Å². The van der Waals surface area contributed by atoms with E-state index < -0.39 is 21.9 Å². The van der Waals surface area contributed by atoms with Crippen molar-refractivity contribution in [2.75, 3.05) is 40.0 Å². The number of carbonyl (C=O) groups is 2.